The lowest BCUT2D eigenvalue weighted by molar-refractivity contribution is 0.888. The van der Waals surface area contributed by atoms with Gasteiger partial charge in [-0.25, -0.2) is 0 Å². The van der Waals surface area contributed by atoms with Gasteiger partial charge in [0.25, 0.3) is 0 Å². The van der Waals surface area contributed by atoms with Crippen LogP contribution in [0.5, 0.6) is 0 Å². The number of benzene rings is 2. The van der Waals surface area contributed by atoms with Crippen LogP contribution in [-0.4, -0.2) is 9.78 Å². The van der Waals surface area contributed by atoms with Gasteiger partial charge >= 0.3 is 0 Å². The number of rotatable bonds is 2. The highest BCUT2D eigenvalue weighted by Crippen LogP contribution is 2.29. The molecule has 3 rings (SSSR count). The number of hydrogen-bond donors (Lipinski definition) is 0. The van der Waals surface area contributed by atoms with Gasteiger partial charge in [0, 0.05) is 11.1 Å². The molecule has 0 bridgehead atoms. The van der Waals surface area contributed by atoms with Crippen LogP contribution in [-0.2, 0) is 0 Å². The fraction of sp³-hybridized carbons (Fsp3) is 0.111. The summed E-state index contributed by atoms with van der Waals surface area (Å²) in [6.45, 7) is 4.21. The molecular formula is C18H17N2. The van der Waals surface area contributed by atoms with E-state index in [1.807, 2.05) is 24.3 Å². The Kier molecular flexibility index (Phi) is 3.15. The Morgan fingerprint density at radius 3 is 2.00 bits per heavy atom. The van der Waals surface area contributed by atoms with Gasteiger partial charge < -0.3 is 0 Å². The summed E-state index contributed by atoms with van der Waals surface area (Å²) in [5.41, 5.74) is 6.80. The fourth-order valence-electron chi connectivity index (χ4n) is 2.49. The van der Waals surface area contributed by atoms with Gasteiger partial charge in [-0.1, -0.05) is 48.5 Å². The molecule has 0 saturated heterocycles. The second kappa shape index (κ2) is 4.97. The quantitative estimate of drug-likeness (QED) is 0.665. The Bertz CT molecular complexity index is 754. The summed E-state index contributed by atoms with van der Waals surface area (Å²) in [6, 6.07) is 18.7. The molecule has 1 aromatic heterocycles. The molecule has 0 amide bonds. The van der Waals surface area contributed by atoms with Crippen molar-refractivity contribution in [3.05, 3.63) is 72.8 Å². The van der Waals surface area contributed by atoms with Crippen molar-refractivity contribution < 1.29 is 0 Å². The van der Waals surface area contributed by atoms with E-state index in [9.17, 15) is 0 Å². The molecule has 1 radical (unpaired) electrons. The molecule has 20 heavy (non-hydrogen) atoms. The van der Waals surface area contributed by atoms with Crippen LogP contribution in [0.2, 0.25) is 0 Å². The van der Waals surface area contributed by atoms with E-state index in [1.54, 1.807) is 4.68 Å². The van der Waals surface area contributed by atoms with Gasteiger partial charge in [0.15, 0.2) is 0 Å². The SMILES string of the molecule is [CH2]n1nc(-c2ccccc2C)cc1-c1ccccc1C. The smallest absolute Gasteiger partial charge is 0.0932 e. The summed E-state index contributed by atoms with van der Waals surface area (Å²) in [5, 5.41) is 4.56. The predicted octanol–water partition coefficient (Wildman–Crippen LogP) is 4.47. The van der Waals surface area contributed by atoms with Crippen molar-refractivity contribution in [3.8, 4) is 22.5 Å². The van der Waals surface area contributed by atoms with E-state index in [4.69, 9.17) is 0 Å². The molecule has 2 nitrogen and oxygen atoms in total. The molecule has 0 fully saturated rings. The fourth-order valence-corrected chi connectivity index (χ4v) is 2.49. The summed E-state index contributed by atoms with van der Waals surface area (Å²) < 4.78 is 1.71. The lowest BCUT2D eigenvalue weighted by Gasteiger charge is -2.04. The van der Waals surface area contributed by atoms with E-state index in [0.717, 1.165) is 17.0 Å². The molecule has 0 N–H and O–H groups in total. The van der Waals surface area contributed by atoms with Crippen LogP contribution in [0.4, 0.5) is 0 Å². The minimum atomic E-state index is 0.969. The van der Waals surface area contributed by atoms with Crippen LogP contribution < -0.4 is 0 Å². The van der Waals surface area contributed by atoms with Gasteiger partial charge in [0.2, 0.25) is 0 Å². The van der Waals surface area contributed by atoms with E-state index in [-0.39, 0.29) is 0 Å². The number of nitrogens with zero attached hydrogens (tertiary/aromatic N) is 2. The first-order valence-electron chi connectivity index (χ1n) is 6.70. The molecule has 0 saturated carbocycles. The largest absolute Gasteiger partial charge is 0.262 e. The van der Waals surface area contributed by atoms with Crippen LogP contribution in [0.25, 0.3) is 22.5 Å². The summed E-state index contributed by atoms with van der Waals surface area (Å²) in [7, 11) is 4.02. The van der Waals surface area contributed by atoms with Gasteiger partial charge in [0.05, 0.1) is 18.4 Å². The van der Waals surface area contributed by atoms with E-state index in [1.165, 1.54) is 16.7 Å². The third kappa shape index (κ3) is 2.14. The van der Waals surface area contributed by atoms with Crippen LogP contribution in [0.3, 0.4) is 0 Å². The maximum absolute atomic E-state index is 4.56. The van der Waals surface area contributed by atoms with Crippen molar-refractivity contribution in [1.29, 1.82) is 0 Å². The first-order chi connectivity index (χ1) is 9.66. The van der Waals surface area contributed by atoms with Crippen LogP contribution in [0.15, 0.2) is 54.6 Å². The molecule has 1 heterocycles. The minimum Gasteiger partial charge on any atom is -0.262 e. The monoisotopic (exact) mass is 261 g/mol. The molecule has 99 valence electrons. The molecule has 2 heteroatoms. The Balaban J connectivity index is 2.13. The van der Waals surface area contributed by atoms with Gasteiger partial charge in [0.1, 0.15) is 0 Å². The van der Waals surface area contributed by atoms with Crippen molar-refractivity contribution in [3.63, 3.8) is 0 Å². The predicted molar refractivity (Wildman–Crippen MR) is 83.3 cm³/mol. The van der Waals surface area contributed by atoms with Gasteiger partial charge in [-0.3, -0.25) is 4.68 Å². The van der Waals surface area contributed by atoms with Crippen LogP contribution in [0.1, 0.15) is 11.1 Å². The molecule has 0 spiro atoms. The van der Waals surface area contributed by atoms with Crippen molar-refractivity contribution in [1.82, 2.24) is 9.78 Å². The summed E-state index contributed by atoms with van der Waals surface area (Å²) >= 11 is 0. The normalized spacial score (nSPS) is 10.8. The van der Waals surface area contributed by atoms with E-state index in [0.29, 0.717) is 0 Å². The third-order valence-corrected chi connectivity index (χ3v) is 3.62. The van der Waals surface area contributed by atoms with Crippen molar-refractivity contribution in [2.45, 2.75) is 13.8 Å². The highest BCUT2D eigenvalue weighted by Gasteiger charge is 2.11. The molecular weight excluding hydrogens is 244 g/mol. The molecule has 0 aliphatic rings. The number of aryl methyl sites for hydroxylation is 2. The van der Waals surface area contributed by atoms with Crippen LogP contribution in [0, 0.1) is 20.9 Å². The second-order valence-electron chi connectivity index (χ2n) is 5.04. The van der Waals surface area contributed by atoms with Crippen LogP contribution >= 0.6 is 0 Å². The summed E-state index contributed by atoms with van der Waals surface area (Å²) in [6.07, 6.45) is 0. The Hall–Kier alpha value is -2.35. The molecule has 2 aromatic carbocycles. The summed E-state index contributed by atoms with van der Waals surface area (Å²) in [5.74, 6) is 0. The van der Waals surface area contributed by atoms with E-state index >= 15 is 0 Å². The first kappa shape index (κ1) is 12.7. The molecule has 0 atom stereocenters. The Morgan fingerprint density at radius 2 is 1.40 bits per heavy atom. The lowest BCUT2D eigenvalue weighted by Crippen LogP contribution is -1.93. The van der Waals surface area contributed by atoms with Crippen molar-refractivity contribution in [2.24, 2.45) is 0 Å². The standard InChI is InChI=1S/C18H17N2/c1-13-8-4-6-10-15(13)17-12-18(20(3)19-17)16-11-7-5-9-14(16)2/h4-12H,3H2,1-2H3. The molecule has 3 aromatic rings. The zero-order valence-corrected chi connectivity index (χ0v) is 11.8. The zero-order valence-electron chi connectivity index (χ0n) is 11.8. The highest BCUT2D eigenvalue weighted by atomic mass is 15.3. The third-order valence-electron chi connectivity index (χ3n) is 3.62. The Labute approximate surface area is 119 Å². The average molecular weight is 261 g/mol. The van der Waals surface area contributed by atoms with E-state index < -0.39 is 0 Å². The highest BCUT2D eigenvalue weighted by molar-refractivity contribution is 5.72. The topological polar surface area (TPSA) is 17.8 Å². The maximum atomic E-state index is 4.56. The lowest BCUT2D eigenvalue weighted by atomic mass is 10.0. The molecule has 0 aliphatic heterocycles. The minimum absolute atomic E-state index is 0.969. The number of hydrogen-bond acceptors (Lipinski definition) is 1. The number of aromatic nitrogens is 2. The first-order valence-corrected chi connectivity index (χ1v) is 6.70. The maximum Gasteiger partial charge on any atom is 0.0932 e. The van der Waals surface area contributed by atoms with Crippen molar-refractivity contribution in [2.75, 3.05) is 0 Å². The average Bonchev–Trinajstić information content (AvgIpc) is 2.81. The summed E-state index contributed by atoms with van der Waals surface area (Å²) in [4.78, 5) is 0. The second-order valence-corrected chi connectivity index (χ2v) is 5.04. The Morgan fingerprint density at radius 1 is 0.850 bits per heavy atom. The van der Waals surface area contributed by atoms with Gasteiger partial charge in [-0.2, -0.15) is 5.10 Å². The van der Waals surface area contributed by atoms with E-state index in [2.05, 4.69) is 56.3 Å². The van der Waals surface area contributed by atoms with Crippen molar-refractivity contribution >= 4 is 0 Å². The van der Waals surface area contributed by atoms with Gasteiger partial charge in [-0.15, -0.1) is 0 Å². The molecule has 0 unspecified atom stereocenters. The van der Waals surface area contributed by atoms with Gasteiger partial charge in [-0.05, 0) is 31.0 Å². The molecule has 0 aliphatic carbocycles. The zero-order chi connectivity index (χ0) is 14.1.